The number of aliphatic imine (C=N–C) groups is 1. The van der Waals surface area contributed by atoms with Crippen molar-refractivity contribution >= 4 is 46.2 Å². The van der Waals surface area contributed by atoms with E-state index in [1.165, 1.54) is 18.2 Å². The number of amides is 4. The molecule has 260 valence electrons. The van der Waals surface area contributed by atoms with Crippen molar-refractivity contribution in [2.45, 2.75) is 65.0 Å². The summed E-state index contributed by atoms with van der Waals surface area (Å²) in [4.78, 5) is 76.2. The number of aromatic nitrogens is 2. The summed E-state index contributed by atoms with van der Waals surface area (Å²) in [6.07, 6.45) is 2.03. The normalized spacial score (nSPS) is 18.1. The molecule has 2 aliphatic rings. The van der Waals surface area contributed by atoms with E-state index in [9.17, 15) is 39.4 Å². The summed E-state index contributed by atoms with van der Waals surface area (Å²) in [6, 6.07) is 5.27. The van der Waals surface area contributed by atoms with Gasteiger partial charge in [0.15, 0.2) is 5.78 Å². The lowest BCUT2D eigenvalue weighted by molar-refractivity contribution is -0.130. The molecule has 16 heteroatoms. The molecule has 16 nitrogen and oxygen atoms in total. The van der Waals surface area contributed by atoms with Crippen LogP contribution < -0.4 is 20.7 Å². The smallest absolute Gasteiger partial charge is 0.405 e. The number of allylic oxidation sites excluding steroid dienone is 2. The van der Waals surface area contributed by atoms with Gasteiger partial charge in [-0.3, -0.25) is 24.2 Å². The number of carbonyl (C=O) groups is 5. The highest BCUT2D eigenvalue weighted by atomic mass is 16.5. The van der Waals surface area contributed by atoms with Crippen molar-refractivity contribution in [1.82, 2.24) is 30.8 Å². The Hall–Kier alpha value is -5.59. The monoisotopic (exact) mass is 676 g/mol. The summed E-state index contributed by atoms with van der Waals surface area (Å²) in [5, 5.41) is 36.6. The van der Waals surface area contributed by atoms with Gasteiger partial charge in [-0.05, 0) is 49.8 Å². The zero-order valence-electron chi connectivity index (χ0n) is 27.6. The van der Waals surface area contributed by atoms with Crippen LogP contribution in [-0.4, -0.2) is 105 Å². The molecule has 4 amide bonds. The van der Waals surface area contributed by atoms with E-state index in [0.29, 0.717) is 42.5 Å². The van der Waals surface area contributed by atoms with Crippen LogP contribution in [0.3, 0.4) is 0 Å². The van der Waals surface area contributed by atoms with Gasteiger partial charge in [0.25, 0.3) is 5.91 Å². The van der Waals surface area contributed by atoms with Crippen molar-refractivity contribution in [2.24, 2.45) is 10.4 Å². The molecule has 2 aromatic rings. The molecule has 1 fully saturated rings. The number of benzene rings is 1. The quantitative estimate of drug-likeness (QED) is 0.152. The van der Waals surface area contributed by atoms with Crippen molar-refractivity contribution in [3.05, 3.63) is 41.6 Å². The number of likely N-dealkylation sites (tertiary alicyclic amines) is 1. The van der Waals surface area contributed by atoms with Crippen LogP contribution in [0, 0.1) is 16.7 Å². The number of carboxylic acid groups (broad SMARTS) is 1. The van der Waals surface area contributed by atoms with Crippen LogP contribution in [0.25, 0.3) is 10.9 Å². The minimum Gasteiger partial charge on any atom is -0.511 e. The van der Waals surface area contributed by atoms with Gasteiger partial charge in [0.2, 0.25) is 11.8 Å². The predicted octanol–water partition coefficient (Wildman–Crippen LogP) is 2.06. The number of carbonyl (C=O) groups excluding carboxylic acids is 4. The summed E-state index contributed by atoms with van der Waals surface area (Å²) < 4.78 is 5.80. The number of hydrogen-bond acceptors (Lipinski definition) is 11. The Morgan fingerprint density at radius 1 is 1.20 bits per heavy atom. The van der Waals surface area contributed by atoms with Crippen molar-refractivity contribution in [1.29, 1.82) is 5.26 Å². The number of rotatable bonds is 13. The van der Waals surface area contributed by atoms with Crippen LogP contribution >= 0.6 is 0 Å². The highest BCUT2D eigenvalue weighted by Crippen LogP contribution is 2.36. The van der Waals surface area contributed by atoms with Crippen molar-refractivity contribution in [3.63, 3.8) is 0 Å². The molecule has 4 rings (SSSR count). The molecule has 1 aliphatic heterocycles. The van der Waals surface area contributed by atoms with Gasteiger partial charge in [0.05, 0.1) is 36.9 Å². The van der Waals surface area contributed by atoms with Crippen LogP contribution in [-0.2, 0) is 14.4 Å². The van der Waals surface area contributed by atoms with Gasteiger partial charge in [0, 0.05) is 37.0 Å². The predicted molar refractivity (Wildman–Crippen MR) is 176 cm³/mol. The molecule has 0 radical (unpaired) electrons. The van der Waals surface area contributed by atoms with Crippen molar-refractivity contribution < 1.29 is 38.9 Å². The van der Waals surface area contributed by atoms with Crippen LogP contribution in [0.15, 0.2) is 40.9 Å². The first-order valence-electron chi connectivity index (χ1n) is 15.9. The minimum atomic E-state index is -1.42. The topological polar surface area (TPSA) is 236 Å². The minimum absolute atomic E-state index is 0.0480. The maximum absolute atomic E-state index is 12.9. The Morgan fingerprint density at radius 2 is 1.98 bits per heavy atom. The molecule has 2 atom stereocenters. The number of aliphatic hydroxyl groups excluding tert-OH is 1. The molecular weight excluding hydrogens is 636 g/mol. The molecule has 1 aromatic heterocycles. The summed E-state index contributed by atoms with van der Waals surface area (Å²) in [6.45, 7) is 5.48. The molecule has 1 unspecified atom stereocenters. The fraction of sp³-hybridized carbons (Fsp3) is 0.485. The highest BCUT2D eigenvalue weighted by molar-refractivity contribution is 6.22. The number of Topliss-reactive ketones (excluding diaryl/α,β-unsaturated/α-hetero) is 1. The first kappa shape index (κ1) is 36.2. The Morgan fingerprint density at radius 3 is 2.69 bits per heavy atom. The third-order valence-corrected chi connectivity index (χ3v) is 8.17. The summed E-state index contributed by atoms with van der Waals surface area (Å²) in [5.74, 6) is -1.49. The average Bonchev–Trinajstić information content (AvgIpc) is 3.53. The van der Waals surface area contributed by atoms with Crippen LogP contribution in [0.2, 0.25) is 0 Å². The number of ether oxygens (including phenoxy) is 1. The van der Waals surface area contributed by atoms with E-state index in [-0.39, 0.29) is 72.5 Å². The summed E-state index contributed by atoms with van der Waals surface area (Å²) >= 11 is 0. The van der Waals surface area contributed by atoms with Crippen LogP contribution in [0.5, 0.6) is 5.75 Å². The number of aliphatic hydroxyl groups is 1. The first-order chi connectivity index (χ1) is 23.3. The van der Waals surface area contributed by atoms with Gasteiger partial charge in [0.1, 0.15) is 35.6 Å². The zero-order valence-corrected chi connectivity index (χ0v) is 27.6. The van der Waals surface area contributed by atoms with Gasteiger partial charge < -0.3 is 35.8 Å². The molecule has 1 saturated heterocycles. The van der Waals surface area contributed by atoms with E-state index < -0.39 is 30.0 Å². The lowest BCUT2D eigenvalue weighted by atomic mass is 9.76. The standard InChI is InChI=1S/C33H40N8O8/c1-19(28-25(42)13-33(2,3)14-26(28)43)36-16-24(40-32(47)48)30(45)35-9-5-11-49-21-7-8-23-22(12-21)29(39-18-38-23)31(46)37-17-27(44)41-10-4-6-20(41)15-34/h7-8,12,18,20,24,40,42H,4-6,9-11,13-14,16-17H2,1-3H3,(H,35,45)(H,37,46)(H,47,48)/t20-,24?/m0/s1. The lowest BCUT2D eigenvalue weighted by Gasteiger charge is -2.29. The maximum Gasteiger partial charge on any atom is 0.405 e. The molecule has 0 spiro atoms. The van der Waals surface area contributed by atoms with Gasteiger partial charge in [-0.25, -0.2) is 14.8 Å². The number of hydrogen-bond donors (Lipinski definition) is 5. The van der Waals surface area contributed by atoms with Gasteiger partial charge >= 0.3 is 6.09 Å². The van der Waals surface area contributed by atoms with E-state index in [4.69, 9.17) is 4.74 Å². The fourth-order valence-electron chi connectivity index (χ4n) is 5.79. The maximum atomic E-state index is 12.9. The summed E-state index contributed by atoms with van der Waals surface area (Å²) in [7, 11) is 0. The van der Waals surface area contributed by atoms with E-state index in [1.54, 1.807) is 18.2 Å². The van der Waals surface area contributed by atoms with Gasteiger partial charge in [-0.15, -0.1) is 0 Å². The summed E-state index contributed by atoms with van der Waals surface area (Å²) in [5.41, 5.74) is 0.466. The molecule has 1 aromatic carbocycles. The molecule has 5 N–H and O–H groups in total. The van der Waals surface area contributed by atoms with Crippen LogP contribution in [0.1, 0.15) is 63.4 Å². The van der Waals surface area contributed by atoms with E-state index in [2.05, 4.69) is 37.0 Å². The Labute approximate surface area is 282 Å². The molecule has 1 aliphatic carbocycles. The second-order valence-corrected chi connectivity index (χ2v) is 12.6. The van der Waals surface area contributed by atoms with Gasteiger partial charge in [-0.2, -0.15) is 5.26 Å². The average molecular weight is 677 g/mol. The molecule has 0 saturated carbocycles. The lowest BCUT2D eigenvalue weighted by Crippen LogP contribution is -2.48. The van der Waals surface area contributed by atoms with E-state index in [0.717, 1.165) is 6.42 Å². The number of nitrogens with zero attached hydrogens (tertiary/aromatic N) is 5. The van der Waals surface area contributed by atoms with E-state index in [1.807, 2.05) is 13.8 Å². The second-order valence-electron chi connectivity index (χ2n) is 12.6. The Kier molecular flexibility index (Phi) is 11.8. The first-order valence-corrected chi connectivity index (χ1v) is 15.9. The number of ketones is 1. The third kappa shape index (κ3) is 9.49. The molecule has 0 bridgehead atoms. The SMILES string of the molecule is CC(=NCC(NC(=O)O)C(=O)NCCCOc1ccc2ncnc(C(=O)NCC(=O)N3CCC[C@H]3C#N)c2c1)C1=C(O)CC(C)(C)CC1=O. The molecule has 2 heterocycles. The number of nitrogens with one attached hydrogen (secondary N) is 3. The van der Waals surface area contributed by atoms with E-state index >= 15 is 0 Å². The molecule has 49 heavy (non-hydrogen) atoms. The Balaban J connectivity index is 1.29. The molecular formula is C33H40N8O8. The number of nitriles is 1. The van der Waals surface area contributed by atoms with Gasteiger partial charge in [-0.1, -0.05) is 13.8 Å². The number of fused-ring (bicyclic) bond motifs is 1. The fourth-order valence-corrected chi connectivity index (χ4v) is 5.79. The zero-order chi connectivity index (χ0) is 35.7. The second kappa shape index (κ2) is 16.0. The van der Waals surface area contributed by atoms with Crippen molar-refractivity contribution in [2.75, 3.05) is 32.8 Å². The van der Waals surface area contributed by atoms with Crippen molar-refractivity contribution in [3.8, 4) is 11.8 Å². The third-order valence-electron chi connectivity index (χ3n) is 8.17. The highest BCUT2D eigenvalue weighted by Gasteiger charge is 2.34. The Bertz CT molecular complexity index is 1730. The largest absolute Gasteiger partial charge is 0.511 e. The van der Waals surface area contributed by atoms with Crippen LogP contribution in [0.4, 0.5) is 4.79 Å².